The zero-order valence-electron chi connectivity index (χ0n) is 16.3. The summed E-state index contributed by atoms with van der Waals surface area (Å²) in [6.07, 6.45) is 1.75. The monoisotopic (exact) mass is 401 g/mol. The molecule has 5 rings (SSSR count). The summed E-state index contributed by atoms with van der Waals surface area (Å²) in [4.78, 5) is 19.5. The number of hydrogen-bond acceptors (Lipinski definition) is 4. The Morgan fingerprint density at radius 1 is 1.03 bits per heavy atom. The van der Waals surface area contributed by atoms with E-state index in [9.17, 15) is 9.18 Å². The van der Waals surface area contributed by atoms with Crippen LogP contribution in [0.2, 0.25) is 0 Å². The van der Waals surface area contributed by atoms with E-state index in [4.69, 9.17) is 4.52 Å². The fourth-order valence-electron chi connectivity index (χ4n) is 3.99. The second-order valence-corrected chi connectivity index (χ2v) is 7.62. The lowest BCUT2D eigenvalue weighted by Gasteiger charge is -2.31. The Hall–Kier alpha value is -3.54. The zero-order valence-corrected chi connectivity index (χ0v) is 16.3. The third-order valence-corrected chi connectivity index (χ3v) is 5.60. The number of carbonyl (C=O) groups excluding carboxylic acids is 1. The summed E-state index contributed by atoms with van der Waals surface area (Å²) in [6.45, 7) is 1.25. The summed E-state index contributed by atoms with van der Waals surface area (Å²) in [5.74, 6) is 0.652. The normalized spacial score (nSPS) is 16.7. The van der Waals surface area contributed by atoms with Gasteiger partial charge in [0.2, 0.25) is 11.7 Å². The quantitative estimate of drug-likeness (QED) is 0.482. The topological polar surface area (TPSA) is 59.2 Å². The molecule has 0 radical (unpaired) electrons. The Kier molecular flexibility index (Phi) is 4.75. The maximum absolute atomic E-state index is 13.1. The van der Waals surface area contributed by atoms with E-state index < -0.39 is 0 Å². The predicted molar refractivity (Wildman–Crippen MR) is 112 cm³/mol. The van der Waals surface area contributed by atoms with Gasteiger partial charge in [-0.1, -0.05) is 35.5 Å². The number of piperidine rings is 1. The van der Waals surface area contributed by atoms with Crippen LogP contribution < -0.4 is 0 Å². The molecule has 1 aliphatic heterocycles. The lowest BCUT2D eigenvalue weighted by molar-refractivity contribution is 0.0696. The van der Waals surface area contributed by atoms with Gasteiger partial charge in [-0.3, -0.25) is 4.79 Å². The highest BCUT2D eigenvalue weighted by atomic mass is 19.1. The summed E-state index contributed by atoms with van der Waals surface area (Å²) >= 11 is 0. The smallest absolute Gasteiger partial charge is 0.253 e. The van der Waals surface area contributed by atoms with Gasteiger partial charge in [-0.25, -0.2) is 4.39 Å². The summed E-state index contributed by atoms with van der Waals surface area (Å²) in [6, 6.07) is 19.8. The summed E-state index contributed by atoms with van der Waals surface area (Å²) in [5.41, 5.74) is 1.39. The zero-order chi connectivity index (χ0) is 20.5. The van der Waals surface area contributed by atoms with Gasteiger partial charge in [-0.05, 0) is 60.0 Å². The first-order valence-corrected chi connectivity index (χ1v) is 10.0. The summed E-state index contributed by atoms with van der Waals surface area (Å²) < 4.78 is 18.6. The SMILES string of the molecule is O=C(c1ccc2ccccc2c1)N1CCCC(c2nc(-c3ccc(F)cc3)no2)C1. The van der Waals surface area contributed by atoms with Crippen molar-refractivity contribution in [2.24, 2.45) is 0 Å². The average Bonchev–Trinajstić information content (AvgIpc) is 3.29. The van der Waals surface area contributed by atoms with Gasteiger partial charge in [0, 0.05) is 24.2 Å². The van der Waals surface area contributed by atoms with E-state index >= 15 is 0 Å². The molecule has 30 heavy (non-hydrogen) atoms. The Balaban J connectivity index is 1.34. The molecule has 5 nitrogen and oxygen atoms in total. The molecule has 1 atom stereocenters. The van der Waals surface area contributed by atoms with Crippen molar-refractivity contribution in [3.05, 3.63) is 84.0 Å². The van der Waals surface area contributed by atoms with Crippen LogP contribution in [0.1, 0.15) is 35.0 Å². The van der Waals surface area contributed by atoms with Crippen molar-refractivity contribution in [1.29, 1.82) is 0 Å². The Morgan fingerprint density at radius 3 is 2.67 bits per heavy atom. The van der Waals surface area contributed by atoms with Crippen molar-refractivity contribution in [3.8, 4) is 11.4 Å². The third-order valence-electron chi connectivity index (χ3n) is 5.60. The van der Waals surface area contributed by atoms with Gasteiger partial charge in [0.1, 0.15) is 5.82 Å². The molecule has 0 N–H and O–H groups in total. The summed E-state index contributed by atoms with van der Waals surface area (Å²) in [5, 5.41) is 6.21. The van der Waals surface area contributed by atoms with Crippen LogP contribution in [0.3, 0.4) is 0 Å². The highest BCUT2D eigenvalue weighted by Gasteiger charge is 2.29. The molecule has 6 heteroatoms. The molecule has 2 heterocycles. The third kappa shape index (κ3) is 3.56. The van der Waals surface area contributed by atoms with Crippen LogP contribution in [-0.4, -0.2) is 34.0 Å². The molecule has 1 unspecified atom stereocenters. The van der Waals surface area contributed by atoms with Crippen LogP contribution in [-0.2, 0) is 0 Å². The fraction of sp³-hybridized carbons (Fsp3) is 0.208. The predicted octanol–water partition coefficient (Wildman–Crippen LogP) is 5.05. The van der Waals surface area contributed by atoms with Crippen LogP contribution in [0.15, 0.2) is 71.3 Å². The van der Waals surface area contributed by atoms with Gasteiger partial charge >= 0.3 is 0 Å². The number of halogens is 1. The van der Waals surface area contributed by atoms with Gasteiger partial charge < -0.3 is 9.42 Å². The van der Waals surface area contributed by atoms with Crippen LogP contribution in [0, 0.1) is 5.82 Å². The van der Waals surface area contributed by atoms with Gasteiger partial charge in [0.15, 0.2) is 0 Å². The van der Waals surface area contributed by atoms with Crippen LogP contribution in [0.25, 0.3) is 22.2 Å². The number of rotatable bonds is 3. The highest BCUT2D eigenvalue weighted by Crippen LogP contribution is 2.29. The van der Waals surface area contributed by atoms with Gasteiger partial charge in [0.25, 0.3) is 5.91 Å². The Labute approximate surface area is 173 Å². The average molecular weight is 401 g/mol. The maximum atomic E-state index is 13.1. The minimum Gasteiger partial charge on any atom is -0.339 e. The second kappa shape index (κ2) is 7.71. The molecule has 1 aliphatic rings. The second-order valence-electron chi connectivity index (χ2n) is 7.62. The van der Waals surface area contributed by atoms with Crippen LogP contribution in [0.5, 0.6) is 0 Å². The number of nitrogens with zero attached hydrogens (tertiary/aromatic N) is 3. The molecule has 0 spiro atoms. The minimum atomic E-state index is -0.308. The summed E-state index contributed by atoms with van der Waals surface area (Å²) in [7, 11) is 0. The van der Waals surface area contributed by atoms with E-state index in [1.54, 1.807) is 12.1 Å². The van der Waals surface area contributed by atoms with Crippen molar-refractivity contribution < 1.29 is 13.7 Å². The largest absolute Gasteiger partial charge is 0.339 e. The molecule has 4 aromatic rings. The number of benzene rings is 3. The number of carbonyl (C=O) groups is 1. The van der Waals surface area contributed by atoms with Crippen molar-refractivity contribution in [1.82, 2.24) is 15.0 Å². The number of likely N-dealkylation sites (tertiary alicyclic amines) is 1. The van der Waals surface area contributed by atoms with Gasteiger partial charge in [-0.2, -0.15) is 4.98 Å². The van der Waals surface area contributed by atoms with E-state index in [-0.39, 0.29) is 17.6 Å². The molecule has 1 saturated heterocycles. The molecule has 1 aromatic heterocycles. The maximum Gasteiger partial charge on any atom is 0.253 e. The fourth-order valence-corrected chi connectivity index (χ4v) is 3.99. The lowest BCUT2D eigenvalue weighted by atomic mass is 9.97. The van der Waals surface area contributed by atoms with E-state index in [2.05, 4.69) is 10.1 Å². The number of hydrogen-bond donors (Lipinski definition) is 0. The molecule has 0 aliphatic carbocycles. The first kappa shape index (κ1) is 18.5. The molecule has 0 saturated carbocycles. The molecule has 3 aromatic carbocycles. The van der Waals surface area contributed by atoms with Crippen molar-refractivity contribution in [3.63, 3.8) is 0 Å². The van der Waals surface area contributed by atoms with E-state index in [1.807, 2.05) is 47.4 Å². The van der Waals surface area contributed by atoms with Gasteiger partial charge in [-0.15, -0.1) is 0 Å². The van der Waals surface area contributed by atoms with E-state index in [1.165, 1.54) is 12.1 Å². The lowest BCUT2D eigenvalue weighted by Crippen LogP contribution is -2.39. The molecule has 1 amide bonds. The number of aromatic nitrogens is 2. The standard InChI is InChI=1S/C24H20FN3O2/c25-21-11-9-17(10-12-21)22-26-23(30-27-22)20-6-3-13-28(15-20)24(29)19-8-7-16-4-1-2-5-18(16)14-19/h1-2,4-5,7-12,14,20H,3,6,13,15H2. The molecule has 0 bridgehead atoms. The first-order valence-electron chi connectivity index (χ1n) is 10.0. The van der Waals surface area contributed by atoms with Crippen molar-refractivity contribution >= 4 is 16.7 Å². The Morgan fingerprint density at radius 2 is 1.83 bits per heavy atom. The van der Waals surface area contributed by atoms with Crippen LogP contribution >= 0.6 is 0 Å². The highest BCUT2D eigenvalue weighted by molar-refractivity contribution is 5.98. The number of amides is 1. The van der Waals surface area contributed by atoms with Crippen molar-refractivity contribution in [2.45, 2.75) is 18.8 Å². The molecular weight excluding hydrogens is 381 g/mol. The first-order chi connectivity index (χ1) is 14.7. The van der Waals surface area contributed by atoms with Crippen molar-refractivity contribution in [2.75, 3.05) is 13.1 Å². The molecule has 150 valence electrons. The molecular formula is C24H20FN3O2. The minimum absolute atomic E-state index is 0.00939. The van der Waals surface area contributed by atoms with E-state index in [0.717, 1.165) is 23.6 Å². The van der Waals surface area contributed by atoms with E-state index in [0.29, 0.717) is 35.9 Å². The van der Waals surface area contributed by atoms with Crippen LogP contribution in [0.4, 0.5) is 4.39 Å². The number of fused-ring (bicyclic) bond motifs is 1. The Bertz CT molecular complexity index is 1200. The molecule has 1 fully saturated rings. The van der Waals surface area contributed by atoms with Gasteiger partial charge in [0.05, 0.1) is 5.92 Å².